The van der Waals surface area contributed by atoms with Crippen molar-refractivity contribution in [1.29, 1.82) is 0 Å². The van der Waals surface area contributed by atoms with Gasteiger partial charge in [0.25, 0.3) is 0 Å². The van der Waals surface area contributed by atoms with Crippen molar-refractivity contribution in [2.45, 2.75) is 36.5 Å². The van der Waals surface area contributed by atoms with Gasteiger partial charge in [-0.3, -0.25) is 4.79 Å². The highest BCUT2D eigenvalue weighted by atomic mass is 35.5. The molecule has 0 heterocycles. The first-order valence-corrected chi connectivity index (χ1v) is 10.5. The summed E-state index contributed by atoms with van der Waals surface area (Å²) in [5.74, 6) is -0.126. The number of anilines is 1. The Balaban J connectivity index is 0.00000280. The molecule has 0 radical (unpaired) electrons. The van der Waals surface area contributed by atoms with Crippen LogP contribution in [-0.2, 0) is 26.7 Å². The summed E-state index contributed by atoms with van der Waals surface area (Å²) in [6.45, 7) is 2.32. The highest BCUT2D eigenvalue weighted by Crippen LogP contribution is 2.38. The molecule has 1 aliphatic carbocycles. The fourth-order valence-electron chi connectivity index (χ4n) is 3.57. The summed E-state index contributed by atoms with van der Waals surface area (Å²) in [4.78, 5) is 13.2. The van der Waals surface area contributed by atoms with Crippen LogP contribution in [0.2, 0.25) is 0 Å². The Hall–Kier alpha value is -1.93. The van der Waals surface area contributed by atoms with Gasteiger partial charge in [-0.25, -0.2) is 13.1 Å². The molecule has 152 valence electrons. The standard InChI is InChI=1S/C20H25N3O3S.ClH/c1-20(11-5-7-15-6-2-3-10-18(15)20)19(24)23-16-8-4-9-17(14-16)27(25,26)22-13-12-21;/h2-4,6,8-10,14,22H,5,7,11-13,21H2,1H3,(H,23,24);1H. The van der Waals surface area contributed by atoms with E-state index in [9.17, 15) is 13.2 Å². The Bertz CT molecular complexity index is 949. The Kier molecular flexibility index (Phi) is 7.22. The molecule has 1 amide bonds. The van der Waals surface area contributed by atoms with E-state index in [1.165, 1.54) is 17.7 Å². The number of rotatable bonds is 6. The Labute approximate surface area is 172 Å². The number of fused-ring (bicyclic) bond motifs is 1. The van der Waals surface area contributed by atoms with Crippen LogP contribution in [0.3, 0.4) is 0 Å². The van der Waals surface area contributed by atoms with Crippen LogP contribution in [0, 0.1) is 0 Å². The highest BCUT2D eigenvalue weighted by molar-refractivity contribution is 7.89. The fourth-order valence-corrected chi connectivity index (χ4v) is 4.66. The molecule has 28 heavy (non-hydrogen) atoms. The lowest BCUT2D eigenvalue weighted by molar-refractivity contribution is -0.121. The Morgan fingerprint density at radius 3 is 2.68 bits per heavy atom. The second-order valence-corrected chi connectivity index (χ2v) is 8.78. The first-order chi connectivity index (χ1) is 12.9. The zero-order valence-corrected chi connectivity index (χ0v) is 17.4. The molecule has 8 heteroatoms. The van der Waals surface area contributed by atoms with Gasteiger partial charge in [0.2, 0.25) is 15.9 Å². The van der Waals surface area contributed by atoms with E-state index >= 15 is 0 Å². The Morgan fingerprint density at radius 1 is 1.18 bits per heavy atom. The molecule has 1 aliphatic rings. The monoisotopic (exact) mass is 423 g/mol. The van der Waals surface area contributed by atoms with E-state index in [4.69, 9.17) is 5.73 Å². The number of aryl methyl sites for hydroxylation is 1. The largest absolute Gasteiger partial charge is 0.329 e. The molecule has 2 aromatic rings. The zero-order valence-electron chi connectivity index (χ0n) is 15.8. The second-order valence-electron chi connectivity index (χ2n) is 7.01. The van der Waals surface area contributed by atoms with Gasteiger partial charge in [-0.15, -0.1) is 12.4 Å². The third-order valence-corrected chi connectivity index (χ3v) is 6.53. The van der Waals surface area contributed by atoms with Gasteiger partial charge in [0.15, 0.2) is 0 Å². The molecule has 0 saturated heterocycles. The number of amides is 1. The number of halogens is 1. The van der Waals surface area contributed by atoms with Crippen molar-refractivity contribution in [3.63, 3.8) is 0 Å². The average Bonchev–Trinajstić information content (AvgIpc) is 2.67. The quantitative estimate of drug-likeness (QED) is 0.664. The number of carbonyl (C=O) groups is 1. The number of hydrogen-bond acceptors (Lipinski definition) is 4. The first kappa shape index (κ1) is 22.4. The third-order valence-electron chi connectivity index (χ3n) is 5.07. The van der Waals surface area contributed by atoms with Crippen molar-refractivity contribution < 1.29 is 13.2 Å². The molecule has 0 aliphatic heterocycles. The van der Waals surface area contributed by atoms with Crippen molar-refractivity contribution >= 4 is 34.0 Å². The molecule has 0 fully saturated rings. The summed E-state index contributed by atoms with van der Waals surface area (Å²) in [5, 5.41) is 2.91. The molecule has 4 N–H and O–H groups in total. The lowest BCUT2D eigenvalue weighted by Crippen LogP contribution is -2.40. The third kappa shape index (κ3) is 4.55. The van der Waals surface area contributed by atoms with Crippen molar-refractivity contribution in [3.05, 3.63) is 59.7 Å². The second kappa shape index (κ2) is 9.05. The SMILES string of the molecule is CC1(C(=O)Nc2cccc(S(=O)(=O)NCCN)c2)CCCc2ccccc21.Cl. The molecule has 6 nitrogen and oxygen atoms in total. The maximum Gasteiger partial charge on any atom is 0.240 e. The zero-order chi connectivity index (χ0) is 19.5. The summed E-state index contributed by atoms with van der Waals surface area (Å²) in [7, 11) is -3.65. The summed E-state index contributed by atoms with van der Waals surface area (Å²) in [6.07, 6.45) is 2.67. The maximum atomic E-state index is 13.1. The number of nitrogens with two attached hydrogens (primary N) is 1. The van der Waals surface area contributed by atoms with Gasteiger partial charge in [0.05, 0.1) is 10.3 Å². The molecule has 0 aromatic heterocycles. The highest BCUT2D eigenvalue weighted by Gasteiger charge is 2.38. The Morgan fingerprint density at radius 2 is 1.93 bits per heavy atom. The molecule has 2 aromatic carbocycles. The minimum atomic E-state index is -3.65. The van der Waals surface area contributed by atoms with E-state index in [0.29, 0.717) is 5.69 Å². The molecular formula is C20H26ClN3O3S. The van der Waals surface area contributed by atoms with E-state index in [-0.39, 0.29) is 36.3 Å². The topological polar surface area (TPSA) is 101 Å². The van der Waals surface area contributed by atoms with E-state index in [1.807, 2.05) is 25.1 Å². The van der Waals surface area contributed by atoms with Gasteiger partial charge in [0, 0.05) is 18.8 Å². The lowest BCUT2D eigenvalue weighted by atomic mass is 9.70. The molecule has 1 atom stereocenters. The lowest BCUT2D eigenvalue weighted by Gasteiger charge is -2.34. The predicted molar refractivity (Wildman–Crippen MR) is 113 cm³/mol. The number of benzene rings is 2. The molecule has 0 spiro atoms. The van der Waals surface area contributed by atoms with Crippen LogP contribution >= 0.6 is 12.4 Å². The summed E-state index contributed by atoms with van der Waals surface area (Å²) < 4.78 is 27.0. The van der Waals surface area contributed by atoms with Gasteiger partial charge in [0.1, 0.15) is 0 Å². The van der Waals surface area contributed by atoms with Crippen LogP contribution in [0.15, 0.2) is 53.4 Å². The van der Waals surface area contributed by atoms with Crippen LogP contribution in [0.5, 0.6) is 0 Å². The minimum absolute atomic E-state index is 0. The fraction of sp³-hybridized carbons (Fsp3) is 0.350. The summed E-state index contributed by atoms with van der Waals surface area (Å²) in [5.41, 5.74) is 7.42. The number of sulfonamides is 1. The number of hydrogen-bond donors (Lipinski definition) is 3. The minimum Gasteiger partial charge on any atom is -0.329 e. The van der Waals surface area contributed by atoms with Crippen molar-refractivity contribution in [3.8, 4) is 0 Å². The van der Waals surface area contributed by atoms with Gasteiger partial charge in [-0.05, 0) is 55.5 Å². The summed E-state index contributed by atoms with van der Waals surface area (Å²) >= 11 is 0. The molecular weight excluding hydrogens is 398 g/mol. The smallest absolute Gasteiger partial charge is 0.240 e. The van der Waals surface area contributed by atoms with E-state index in [2.05, 4.69) is 16.1 Å². The summed E-state index contributed by atoms with van der Waals surface area (Å²) in [6, 6.07) is 14.3. The normalized spacial score (nSPS) is 18.6. The van der Waals surface area contributed by atoms with Gasteiger partial charge in [-0.2, -0.15) is 0 Å². The molecule has 1 unspecified atom stereocenters. The van der Waals surface area contributed by atoms with E-state index in [0.717, 1.165) is 24.8 Å². The van der Waals surface area contributed by atoms with E-state index in [1.54, 1.807) is 12.1 Å². The molecule has 0 saturated carbocycles. The van der Waals surface area contributed by atoms with Gasteiger partial charge in [-0.1, -0.05) is 30.3 Å². The van der Waals surface area contributed by atoms with Crippen LogP contribution in [-0.4, -0.2) is 27.4 Å². The van der Waals surface area contributed by atoms with Crippen molar-refractivity contribution in [1.82, 2.24) is 4.72 Å². The van der Waals surface area contributed by atoms with E-state index < -0.39 is 15.4 Å². The predicted octanol–water partition coefficient (Wildman–Crippen LogP) is 2.58. The van der Waals surface area contributed by atoms with Crippen molar-refractivity contribution in [2.75, 3.05) is 18.4 Å². The van der Waals surface area contributed by atoms with Crippen molar-refractivity contribution in [2.24, 2.45) is 5.73 Å². The number of carbonyl (C=O) groups excluding carboxylic acids is 1. The van der Waals surface area contributed by atoms with Crippen LogP contribution in [0.25, 0.3) is 0 Å². The van der Waals surface area contributed by atoms with Gasteiger partial charge < -0.3 is 11.1 Å². The molecule has 3 rings (SSSR count). The molecule has 0 bridgehead atoms. The van der Waals surface area contributed by atoms with Gasteiger partial charge >= 0.3 is 0 Å². The average molecular weight is 424 g/mol. The van der Waals surface area contributed by atoms with Crippen LogP contribution in [0.1, 0.15) is 30.9 Å². The first-order valence-electron chi connectivity index (χ1n) is 9.06. The number of nitrogens with one attached hydrogen (secondary N) is 2. The van der Waals surface area contributed by atoms with Crippen LogP contribution in [0.4, 0.5) is 5.69 Å². The maximum absolute atomic E-state index is 13.1. The van der Waals surface area contributed by atoms with Crippen LogP contribution < -0.4 is 15.8 Å².